The molecule has 0 saturated carbocycles. The second-order valence-corrected chi connectivity index (χ2v) is 10.6. The molecular weight excluding hydrogens is 390 g/mol. The van der Waals surface area contributed by atoms with Crippen molar-refractivity contribution in [3.63, 3.8) is 0 Å². The summed E-state index contributed by atoms with van der Waals surface area (Å²) in [7, 11) is 0. The lowest BCUT2D eigenvalue weighted by Gasteiger charge is -2.35. The van der Waals surface area contributed by atoms with Crippen molar-refractivity contribution in [2.75, 3.05) is 9.91 Å². The zero-order valence-corrected chi connectivity index (χ0v) is 19.8. The molecule has 3 aliphatic rings. The van der Waals surface area contributed by atoms with Gasteiger partial charge in [-0.2, -0.15) is 5.10 Å². The van der Waals surface area contributed by atoms with Gasteiger partial charge >= 0.3 is 0 Å². The Morgan fingerprint density at radius 3 is 2.16 bits per heavy atom. The van der Waals surface area contributed by atoms with Crippen LogP contribution in [-0.2, 0) is 5.41 Å². The lowest BCUT2D eigenvalue weighted by molar-refractivity contribution is 0.437. The number of anilines is 2. The maximum absolute atomic E-state index is 5.28. The maximum Gasteiger partial charge on any atom is 0.163 e. The zero-order chi connectivity index (χ0) is 22.4. The van der Waals surface area contributed by atoms with Gasteiger partial charge in [-0.05, 0) is 58.4 Å². The van der Waals surface area contributed by atoms with Crippen LogP contribution in [0.15, 0.2) is 65.8 Å². The minimum atomic E-state index is -0.0704. The highest BCUT2D eigenvalue weighted by atomic mass is 15.6. The van der Waals surface area contributed by atoms with Crippen LogP contribution in [0.2, 0.25) is 0 Å². The summed E-state index contributed by atoms with van der Waals surface area (Å²) in [6, 6.07) is 22.5. The number of hydrogen-bond donors (Lipinski definition) is 0. The van der Waals surface area contributed by atoms with Gasteiger partial charge in [-0.3, -0.25) is 4.90 Å². The summed E-state index contributed by atoms with van der Waals surface area (Å²) in [5.41, 5.74) is 10.6. The first-order chi connectivity index (χ1) is 15.3. The molecule has 0 saturated heterocycles. The van der Waals surface area contributed by atoms with Gasteiger partial charge in [0, 0.05) is 16.5 Å². The van der Waals surface area contributed by atoms with Crippen LogP contribution in [0.25, 0.3) is 11.1 Å². The molecule has 3 nitrogen and oxygen atoms in total. The first-order valence-corrected chi connectivity index (χ1v) is 11.8. The molecule has 0 aliphatic carbocycles. The Morgan fingerprint density at radius 2 is 1.47 bits per heavy atom. The molecule has 3 heterocycles. The first-order valence-electron chi connectivity index (χ1n) is 11.8. The highest BCUT2D eigenvalue weighted by Crippen LogP contribution is 2.57. The molecule has 3 aromatic rings. The van der Waals surface area contributed by atoms with Crippen LogP contribution in [-0.4, -0.2) is 12.0 Å². The molecule has 0 N–H and O–H groups in total. The highest BCUT2D eigenvalue weighted by molar-refractivity contribution is 6.22. The van der Waals surface area contributed by atoms with E-state index in [1.54, 1.807) is 0 Å². The van der Waals surface area contributed by atoms with E-state index in [9.17, 15) is 0 Å². The average molecular weight is 422 g/mol. The third-order valence-electron chi connectivity index (χ3n) is 7.55. The van der Waals surface area contributed by atoms with E-state index < -0.39 is 0 Å². The molecule has 6 rings (SSSR count). The molecule has 0 aromatic heterocycles. The number of hydrogen-bond acceptors (Lipinski definition) is 3. The van der Waals surface area contributed by atoms with Crippen molar-refractivity contribution in [1.82, 2.24) is 0 Å². The molecule has 3 aromatic carbocycles. The topological polar surface area (TPSA) is 18.8 Å². The quantitative estimate of drug-likeness (QED) is 0.444. The fraction of sp³-hybridized carbons (Fsp3) is 0.345. The number of benzene rings is 3. The smallest absolute Gasteiger partial charge is 0.163 e. The normalized spacial score (nSPS) is 19.5. The van der Waals surface area contributed by atoms with Crippen LogP contribution in [0, 0.1) is 0 Å². The Balaban J connectivity index is 1.68. The van der Waals surface area contributed by atoms with Gasteiger partial charge in [-0.15, -0.1) is 0 Å². The van der Waals surface area contributed by atoms with Crippen LogP contribution in [0.4, 0.5) is 11.4 Å². The summed E-state index contributed by atoms with van der Waals surface area (Å²) < 4.78 is 0. The van der Waals surface area contributed by atoms with Crippen molar-refractivity contribution in [3.8, 4) is 11.1 Å². The van der Waals surface area contributed by atoms with E-state index in [0.29, 0.717) is 11.8 Å². The van der Waals surface area contributed by atoms with Crippen molar-refractivity contribution in [3.05, 3.63) is 82.9 Å². The van der Waals surface area contributed by atoms with Crippen LogP contribution >= 0.6 is 0 Å². The van der Waals surface area contributed by atoms with Crippen LogP contribution in [0.3, 0.4) is 0 Å². The van der Waals surface area contributed by atoms with E-state index in [1.165, 1.54) is 39.1 Å². The average Bonchev–Trinajstić information content (AvgIpc) is 3.29. The van der Waals surface area contributed by atoms with E-state index in [4.69, 9.17) is 5.10 Å². The minimum Gasteiger partial charge on any atom is -0.300 e. The van der Waals surface area contributed by atoms with Crippen LogP contribution < -0.4 is 9.91 Å². The first kappa shape index (κ1) is 19.6. The molecule has 0 spiro atoms. The molecule has 1 atom stereocenters. The summed E-state index contributed by atoms with van der Waals surface area (Å²) in [6.07, 6.45) is 0.131. The molecule has 32 heavy (non-hydrogen) atoms. The van der Waals surface area contributed by atoms with Gasteiger partial charge in [-0.25, -0.2) is 5.01 Å². The van der Waals surface area contributed by atoms with Crippen molar-refractivity contribution < 1.29 is 0 Å². The molecule has 162 valence electrons. The van der Waals surface area contributed by atoms with Gasteiger partial charge in [0.1, 0.15) is 6.17 Å². The standard InChI is InChI=1S/C29H31N3/c1-17(2)19-12-13-22-23-15-20(18(3)4)16-25-26(23)31-27(24(22)14-19)30-32(28(31)29(25,5)6)21-10-8-7-9-11-21/h7-18,28H,1-6H3. The summed E-state index contributed by atoms with van der Waals surface area (Å²) in [6.45, 7) is 13.9. The molecule has 0 bridgehead atoms. The maximum atomic E-state index is 5.28. The van der Waals surface area contributed by atoms with E-state index in [-0.39, 0.29) is 11.6 Å². The largest absolute Gasteiger partial charge is 0.300 e. The Hall–Kier alpha value is -3.07. The molecule has 1 unspecified atom stereocenters. The highest BCUT2D eigenvalue weighted by Gasteiger charge is 2.56. The van der Waals surface area contributed by atoms with Gasteiger partial charge in [0.25, 0.3) is 0 Å². The number of nitrogens with zero attached hydrogens (tertiary/aromatic N) is 3. The molecule has 3 heteroatoms. The summed E-state index contributed by atoms with van der Waals surface area (Å²) in [5, 5.41) is 7.53. The Morgan fingerprint density at radius 1 is 0.781 bits per heavy atom. The number of fused-ring (bicyclic) bond motifs is 3. The fourth-order valence-electron chi connectivity index (χ4n) is 5.68. The number of amidine groups is 1. The number of para-hydroxylation sites is 1. The third kappa shape index (κ3) is 2.45. The van der Waals surface area contributed by atoms with E-state index in [2.05, 4.69) is 112 Å². The van der Waals surface area contributed by atoms with Gasteiger partial charge in [0.2, 0.25) is 0 Å². The lowest BCUT2D eigenvalue weighted by Crippen LogP contribution is -2.49. The second-order valence-electron chi connectivity index (χ2n) is 10.6. The fourth-order valence-corrected chi connectivity index (χ4v) is 5.68. The van der Waals surface area contributed by atoms with Gasteiger partial charge in [0.05, 0.1) is 11.4 Å². The summed E-state index contributed by atoms with van der Waals surface area (Å²) in [4.78, 5) is 2.52. The van der Waals surface area contributed by atoms with Gasteiger partial charge in [-0.1, -0.05) is 77.9 Å². The zero-order valence-electron chi connectivity index (χ0n) is 19.8. The summed E-state index contributed by atoms with van der Waals surface area (Å²) in [5.74, 6) is 2.06. The van der Waals surface area contributed by atoms with E-state index >= 15 is 0 Å². The Kier molecular flexibility index (Phi) is 3.97. The van der Waals surface area contributed by atoms with Gasteiger partial charge in [0.15, 0.2) is 5.84 Å². The SMILES string of the molecule is CC(C)c1ccc2c(c1)C1=NN(c3ccccc3)C3N1c1c-2cc(C(C)C)cc1C3(C)C. The number of hydrazone groups is 1. The molecule has 0 fully saturated rings. The van der Waals surface area contributed by atoms with Crippen molar-refractivity contribution in [2.24, 2.45) is 5.10 Å². The minimum absolute atomic E-state index is 0.0704. The van der Waals surface area contributed by atoms with Crippen molar-refractivity contribution in [2.45, 2.75) is 65.0 Å². The van der Waals surface area contributed by atoms with E-state index in [1.807, 2.05) is 0 Å². The summed E-state index contributed by atoms with van der Waals surface area (Å²) >= 11 is 0. The van der Waals surface area contributed by atoms with Crippen LogP contribution in [0.5, 0.6) is 0 Å². The Bertz CT molecular complexity index is 1270. The molecular formula is C29H31N3. The molecule has 0 radical (unpaired) electrons. The second kappa shape index (κ2) is 6.48. The number of rotatable bonds is 3. The predicted octanol–water partition coefficient (Wildman–Crippen LogP) is 7.22. The predicted molar refractivity (Wildman–Crippen MR) is 135 cm³/mol. The molecule has 3 aliphatic heterocycles. The monoisotopic (exact) mass is 421 g/mol. The van der Waals surface area contributed by atoms with Crippen LogP contribution in [0.1, 0.15) is 75.6 Å². The Labute approximate surface area is 191 Å². The van der Waals surface area contributed by atoms with Crippen molar-refractivity contribution in [1.29, 1.82) is 0 Å². The lowest BCUT2D eigenvalue weighted by atomic mass is 9.80. The molecule has 0 amide bonds. The van der Waals surface area contributed by atoms with E-state index in [0.717, 1.165) is 11.5 Å². The van der Waals surface area contributed by atoms with Gasteiger partial charge < -0.3 is 0 Å². The van der Waals surface area contributed by atoms with Crippen molar-refractivity contribution >= 4 is 17.2 Å². The third-order valence-corrected chi connectivity index (χ3v) is 7.55.